The summed E-state index contributed by atoms with van der Waals surface area (Å²) in [5.74, 6) is 0.256. The molecule has 2 heterocycles. The van der Waals surface area contributed by atoms with Gasteiger partial charge in [0.15, 0.2) is 0 Å². The number of halogens is 5. The topological polar surface area (TPSA) is 47.0 Å². The molecule has 0 aliphatic heterocycles. The third kappa shape index (κ3) is 4.22. The third-order valence-corrected chi connectivity index (χ3v) is 6.46. The lowest BCUT2D eigenvalue weighted by Crippen LogP contribution is -2.10. The van der Waals surface area contributed by atoms with E-state index in [1.807, 2.05) is 0 Å². The summed E-state index contributed by atoms with van der Waals surface area (Å²) in [5, 5.41) is 3.40. The summed E-state index contributed by atoms with van der Waals surface area (Å²) in [5.41, 5.74) is 1.02. The molecule has 10 heteroatoms. The van der Waals surface area contributed by atoms with E-state index in [1.54, 1.807) is 18.2 Å². The Kier molecular flexibility index (Phi) is 5.83. The van der Waals surface area contributed by atoms with Gasteiger partial charge in [-0.3, -0.25) is 0 Å². The van der Waals surface area contributed by atoms with E-state index in [9.17, 15) is 13.2 Å². The van der Waals surface area contributed by atoms with Gasteiger partial charge in [-0.2, -0.15) is 17.5 Å². The van der Waals surface area contributed by atoms with Crippen molar-refractivity contribution in [1.29, 1.82) is 0 Å². The van der Waals surface area contributed by atoms with Crippen molar-refractivity contribution in [1.82, 2.24) is 9.36 Å². The van der Waals surface area contributed by atoms with Crippen molar-refractivity contribution in [2.24, 2.45) is 0 Å². The van der Waals surface area contributed by atoms with Crippen molar-refractivity contribution in [2.45, 2.75) is 31.5 Å². The monoisotopic (exact) mass is 473 g/mol. The van der Waals surface area contributed by atoms with Gasteiger partial charge in [0, 0.05) is 29.1 Å². The van der Waals surface area contributed by atoms with Crippen LogP contribution < -0.4 is 10.1 Å². The number of nitrogens with zero attached hydrogens (tertiary/aromatic N) is 2. The van der Waals surface area contributed by atoms with Crippen LogP contribution in [0.5, 0.6) is 5.88 Å². The molecule has 4 nitrogen and oxygen atoms in total. The SMILES string of the molecule is CNc1cnc(OCc2c(-c3c(Cl)cccc3Cl)nsc2C2CC2)cc1C(F)(F)F. The molecule has 0 amide bonds. The number of hydrogen-bond donors (Lipinski definition) is 1. The summed E-state index contributed by atoms with van der Waals surface area (Å²) in [6.07, 6.45) is -1.34. The van der Waals surface area contributed by atoms with Crippen molar-refractivity contribution in [3.63, 3.8) is 0 Å². The molecule has 0 radical (unpaired) electrons. The average Bonchev–Trinajstić information content (AvgIpc) is 3.46. The van der Waals surface area contributed by atoms with E-state index in [1.165, 1.54) is 18.6 Å². The van der Waals surface area contributed by atoms with E-state index in [0.29, 0.717) is 27.2 Å². The first-order chi connectivity index (χ1) is 14.3. The molecule has 0 saturated heterocycles. The van der Waals surface area contributed by atoms with Gasteiger partial charge >= 0.3 is 6.18 Å². The Bertz CT molecular complexity index is 1060. The van der Waals surface area contributed by atoms with Crippen molar-refractivity contribution in [2.75, 3.05) is 12.4 Å². The highest BCUT2D eigenvalue weighted by Crippen LogP contribution is 2.48. The van der Waals surface area contributed by atoms with Crippen LogP contribution in [0.4, 0.5) is 18.9 Å². The van der Waals surface area contributed by atoms with Crippen molar-refractivity contribution < 1.29 is 17.9 Å². The van der Waals surface area contributed by atoms with E-state index in [2.05, 4.69) is 14.7 Å². The zero-order valence-corrected chi connectivity index (χ0v) is 18.0. The van der Waals surface area contributed by atoms with Crippen LogP contribution in [0.3, 0.4) is 0 Å². The number of nitrogens with one attached hydrogen (secondary N) is 1. The van der Waals surface area contributed by atoms with Gasteiger partial charge in [0.05, 0.1) is 33.2 Å². The summed E-state index contributed by atoms with van der Waals surface area (Å²) in [6, 6.07) is 6.07. The van der Waals surface area contributed by atoms with E-state index in [-0.39, 0.29) is 18.2 Å². The van der Waals surface area contributed by atoms with Gasteiger partial charge in [0.25, 0.3) is 0 Å². The Hall–Kier alpha value is -2.03. The van der Waals surface area contributed by atoms with Gasteiger partial charge in [0.2, 0.25) is 5.88 Å². The molecule has 0 atom stereocenters. The van der Waals surface area contributed by atoms with Gasteiger partial charge in [-0.05, 0) is 42.4 Å². The lowest BCUT2D eigenvalue weighted by molar-refractivity contribution is -0.137. The Balaban J connectivity index is 1.68. The smallest absolute Gasteiger partial charge is 0.418 e. The number of benzene rings is 1. The summed E-state index contributed by atoms with van der Waals surface area (Å²) >= 11 is 14.1. The fourth-order valence-corrected chi connectivity index (χ4v) is 4.76. The summed E-state index contributed by atoms with van der Waals surface area (Å²) in [7, 11) is 1.41. The van der Waals surface area contributed by atoms with Gasteiger partial charge in [-0.15, -0.1) is 0 Å². The quantitative estimate of drug-likeness (QED) is 0.417. The Morgan fingerprint density at radius 2 is 1.93 bits per heavy atom. The van der Waals surface area contributed by atoms with Crippen molar-refractivity contribution in [3.8, 4) is 17.1 Å². The minimum Gasteiger partial charge on any atom is -0.473 e. The standard InChI is InChI=1S/C20H16Cl2F3N3OS/c1-26-15-8-27-16(7-12(15)20(23,24)25)29-9-11-18(28-30-19(11)10-5-6-10)17-13(21)3-2-4-14(17)22/h2-4,7-8,10,26H,5-6,9H2,1H3. The molecule has 3 aromatic rings. The fraction of sp³-hybridized carbons (Fsp3) is 0.300. The molecule has 1 N–H and O–H groups in total. The molecule has 2 aromatic heterocycles. The summed E-state index contributed by atoms with van der Waals surface area (Å²) in [4.78, 5) is 5.04. The molecule has 30 heavy (non-hydrogen) atoms. The van der Waals surface area contributed by atoms with E-state index in [0.717, 1.165) is 35.5 Å². The Labute approximate surface area is 185 Å². The van der Waals surface area contributed by atoms with Crippen LogP contribution in [0.25, 0.3) is 11.3 Å². The van der Waals surface area contributed by atoms with Gasteiger partial charge in [-0.25, -0.2) is 4.98 Å². The molecule has 0 spiro atoms. The number of aromatic nitrogens is 2. The molecule has 0 bridgehead atoms. The van der Waals surface area contributed by atoms with Crippen LogP contribution in [0.2, 0.25) is 10.0 Å². The maximum absolute atomic E-state index is 13.3. The van der Waals surface area contributed by atoms with Crippen molar-refractivity contribution in [3.05, 3.63) is 56.5 Å². The van der Waals surface area contributed by atoms with Crippen LogP contribution in [-0.2, 0) is 12.8 Å². The zero-order chi connectivity index (χ0) is 21.5. The fourth-order valence-electron chi connectivity index (χ4n) is 3.14. The lowest BCUT2D eigenvalue weighted by atomic mass is 10.0. The highest BCUT2D eigenvalue weighted by molar-refractivity contribution is 7.06. The normalized spacial score (nSPS) is 14.1. The molecule has 1 fully saturated rings. The predicted molar refractivity (Wildman–Crippen MR) is 113 cm³/mol. The van der Waals surface area contributed by atoms with E-state index in [4.69, 9.17) is 27.9 Å². The number of ether oxygens (including phenoxy) is 1. The zero-order valence-electron chi connectivity index (χ0n) is 15.7. The summed E-state index contributed by atoms with van der Waals surface area (Å²) < 4.78 is 50.2. The highest BCUT2D eigenvalue weighted by atomic mass is 35.5. The molecule has 1 aromatic carbocycles. The maximum atomic E-state index is 13.3. The Morgan fingerprint density at radius 3 is 2.53 bits per heavy atom. The number of rotatable bonds is 6. The third-order valence-electron chi connectivity index (χ3n) is 4.78. The molecular formula is C20H16Cl2F3N3OS. The minimum atomic E-state index is -4.53. The second-order valence-corrected chi connectivity index (χ2v) is 8.47. The van der Waals surface area contributed by atoms with Gasteiger partial charge in [-0.1, -0.05) is 29.3 Å². The molecular weight excluding hydrogens is 458 g/mol. The lowest BCUT2D eigenvalue weighted by Gasteiger charge is -2.14. The number of alkyl halides is 3. The first-order valence-corrected chi connectivity index (χ1v) is 10.6. The Morgan fingerprint density at radius 1 is 1.23 bits per heavy atom. The van der Waals surface area contributed by atoms with Crippen LogP contribution in [0.1, 0.15) is 34.8 Å². The van der Waals surface area contributed by atoms with Crippen molar-refractivity contribution >= 4 is 40.4 Å². The number of pyridine rings is 1. The molecule has 4 rings (SSSR count). The number of anilines is 1. The molecule has 0 unspecified atom stereocenters. The van der Waals surface area contributed by atoms with Gasteiger partial charge in [0.1, 0.15) is 6.61 Å². The first-order valence-electron chi connectivity index (χ1n) is 9.10. The highest BCUT2D eigenvalue weighted by Gasteiger charge is 2.35. The van der Waals surface area contributed by atoms with E-state index < -0.39 is 11.7 Å². The van der Waals surface area contributed by atoms with Gasteiger partial charge < -0.3 is 10.1 Å². The second kappa shape index (κ2) is 8.24. The summed E-state index contributed by atoms with van der Waals surface area (Å²) in [6.45, 7) is 0.0163. The molecule has 1 saturated carbocycles. The first kappa shape index (κ1) is 21.2. The largest absolute Gasteiger partial charge is 0.473 e. The second-order valence-electron chi connectivity index (χ2n) is 6.85. The van der Waals surface area contributed by atoms with Crippen LogP contribution in [-0.4, -0.2) is 16.4 Å². The van der Waals surface area contributed by atoms with Crippen LogP contribution in [0, 0.1) is 0 Å². The molecule has 1 aliphatic carbocycles. The molecule has 1 aliphatic rings. The minimum absolute atomic E-state index is 0.0163. The van der Waals surface area contributed by atoms with Crippen LogP contribution >= 0.6 is 34.7 Å². The molecule has 158 valence electrons. The van der Waals surface area contributed by atoms with E-state index >= 15 is 0 Å². The maximum Gasteiger partial charge on any atom is 0.418 e. The van der Waals surface area contributed by atoms with Crippen LogP contribution in [0.15, 0.2) is 30.5 Å². The number of hydrogen-bond acceptors (Lipinski definition) is 5. The average molecular weight is 474 g/mol. The predicted octanol–water partition coefficient (Wildman–Crippen LogP) is 7.03.